The maximum absolute atomic E-state index is 11.1. The number of carbonyl (C=O) groups excluding carboxylic acids is 2. The molecule has 0 aliphatic carbocycles. The van der Waals surface area contributed by atoms with E-state index >= 15 is 0 Å². The fourth-order valence-corrected chi connectivity index (χ4v) is 1.11. The summed E-state index contributed by atoms with van der Waals surface area (Å²) in [4.78, 5) is 26.4. The molecule has 1 fully saturated rings. The fourth-order valence-electron chi connectivity index (χ4n) is 1.11. The smallest absolute Gasteiger partial charge is 0.338 e. The molecule has 1 saturated heterocycles. The van der Waals surface area contributed by atoms with Crippen molar-refractivity contribution in [1.29, 1.82) is 0 Å². The Bertz CT molecular complexity index is 269. The molecule has 13 heavy (non-hydrogen) atoms. The van der Waals surface area contributed by atoms with Crippen molar-refractivity contribution in [1.82, 2.24) is 5.48 Å². The molecule has 0 radical (unpaired) electrons. The standard InChI is InChI=1S/C8H11NO4/c1-3-5(8(11)12-2)6-4-7(10)13-9-6/h9H,3-4H2,1-2H3/b6-5-. The number of hydrogen-bond donors (Lipinski definition) is 1. The zero-order chi connectivity index (χ0) is 9.84. The highest BCUT2D eigenvalue weighted by atomic mass is 16.7. The van der Waals surface area contributed by atoms with Crippen LogP contribution in [0.2, 0.25) is 0 Å². The first-order valence-electron chi connectivity index (χ1n) is 3.95. The number of rotatable bonds is 2. The van der Waals surface area contributed by atoms with Gasteiger partial charge >= 0.3 is 11.9 Å². The summed E-state index contributed by atoms with van der Waals surface area (Å²) in [6, 6.07) is 0. The van der Waals surface area contributed by atoms with E-state index in [9.17, 15) is 9.59 Å². The van der Waals surface area contributed by atoms with Gasteiger partial charge in [-0.2, -0.15) is 0 Å². The van der Waals surface area contributed by atoms with Crippen molar-refractivity contribution in [3.63, 3.8) is 0 Å². The van der Waals surface area contributed by atoms with Gasteiger partial charge in [-0.05, 0) is 6.42 Å². The van der Waals surface area contributed by atoms with Crippen molar-refractivity contribution in [2.45, 2.75) is 19.8 Å². The second kappa shape index (κ2) is 3.93. The molecule has 0 aromatic carbocycles. The predicted octanol–water partition coefficient (Wildman–Crippen LogP) is 0.275. The summed E-state index contributed by atoms with van der Waals surface area (Å²) in [6.07, 6.45) is 0.615. The van der Waals surface area contributed by atoms with Crippen LogP contribution in [-0.4, -0.2) is 19.0 Å². The molecule has 0 bridgehead atoms. The highest BCUT2D eigenvalue weighted by molar-refractivity contribution is 5.90. The maximum atomic E-state index is 11.1. The largest absolute Gasteiger partial charge is 0.466 e. The van der Waals surface area contributed by atoms with E-state index in [0.29, 0.717) is 17.7 Å². The lowest BCUT2D eigenvalue weighted by Gasteiger charge is -2.04. The summed E-state index contributed by atoms with van der Waals surface area (Å²) in [7, 11) is 1.30. The first-order valence-corrected chi connectivity index (χ1v) is 3.95. The molecule has 5 nitrogen and oxygen atoms in total. The van der Waals surface area contributed by atoms with Gasteiger partial charge in [0.2, 0.25) is 0 Å². The Morgan fingerprint density at radius 1 is 1.69 bits per heavy atom. The van der Waals surface area contributed by atoms with Crippen LogP contribution < -0.4 is 5.48 Å². The molecule has 5 heteroatoms. The Kier molecular flexibility index (Phi) is 2.89. The lowest BCUT2D eigenvalue weighted by atomic mass is 10.1. The van der Waals surface area contributed by atoms with Gasteiger partial charge in [0, 0.05) is 0 Å². The molecule has 1 N–H and O–H groups in total. The summed E-state index contributed by atoms with van der Waals surface area (Å²) in [5.74, 6) is -0.812. The highest BCUT2D eigenvalue weighted by Crippen LogP contribution is 2.16. The lowest BCUT2D eigenvalue weighted by Crippen LogP contribution is -2.12. The fraction of sp³-hybridized carbons (Fsp3) is 0.500. The molecular formula is C8H11NO4. The van der Waals surface area contributed by atoms with Crippen molar-refractivity contribution in [3.8, 4) is 0 Å². The van der Waals surface area contributed by atoms with E-state index in [1.54, 1.807) is 0 Å². The minimum absolute atomic E-state index is 0.109. The summed E-state index contributed by atoms with van der Waals surface area (Å²) < 4.78 is 4.55. The van der Waals surface area contributed by atoms with Gasteiger partial charge in [0.25, 0.3) is 0 Å². The second-order valence-corrected chi connectivity index (χ2v) is 2.56. The summed E-state index contributed by atoms with van der Waals surface area (Å²) in [5.41, 5.74) is 3.35. The first kappa shape index (κ1) is 9.57. The van der Waals surface area contributed by atoms with E-state index in [4.69, 9.17) is 0 Å². The number of hydroxylamine groups is 1. The molecule has 0 saturated carbocycles. The van der Waals surface area contributed by atoms with Gasteiger partial charge in [0.1, 0.15) is 0 Å². The maximum Gasteiger partial charge on any atom is 0.338 e. The molecule has 0 aromatic heterocycles. The highest BCUT2D eigenvalue weighted by Gasteiger charge is 2.23. The van der Waals surface area contributed by atoms with E-state index in [-0.39, 0.29) is 12.4 Å². The minimum Gasteiger partial charge on any atom is -0.466 e. The van der Waals surface area contributed by atoms with Crippen LogP contribution in [0.3, 0.4) is 0 Å². The molecule has 1 heterocycles. The summed E-state index contributed by atoms with van der Waals surface area (Å²) in [5, 5.41) is 0. The zero-order valence-corrected chi connectivity index (χ0v) is 7.55. The average Bonchev–Trinajstić information content (AvgIpc) is 2.53. The number of hydrogen-bond acceptors (Lipinski definition) is 5. The number of esters is 1. The van der Waals surface area contributed by atoms with E-state index in [1.807, 2.05) is 6.92 Å². The lowest BCUT2D eigenvalue weighted by molar-refractivity contribution is -0.143. The van der Waals surface area contributed by atoms with Crippen molar-refractivity contribution < 1.29 is 19.2 Å². The van der Waals surface area contributed by atoms with Gasteiger partial charge in [-0.3, -0.25) is 0 Å². The zero-order valence-electron chi connectivity index (χ0n) is 7.55. The Hall–Kier alpha value is -1.52. The third-order valence-electron chi connectivity index (χ3n) is 1.76. The number of carbonyl (C=O) groups is 2. The molecule has 0 unspecified atom stereocenters. The van der Waals surface area contributed by atoms with Crippen molar-refractivity contribution in [2.24, 2.45) is 0 Å². The third kappa shape index (κ3) is 1.99. The number of nitrogens with one attached hydrogen (secondary N) is 1. The summed E-state index contributed by atoms with van der Waals surface area (Å²) in [6.45, 7) is 1.81. The van der Waals surface area contributed by atoms with Crippen molar-refractivity contribution >= 4 is 11.9 Å². The molecule has 0 spiro atoms. The van der Waals surface area contributed by atoms with Gasteiger partial charge in [-0.1, -0.05) is 6.92 Å². The molecule has 72 valence electrons. The monoisotopic (exact) mass is 185 g/mol. The average molecular weight is 185 g/mol. The number of methoxy groups -OCH3 is 1. The molecule has 0 amide bonds. The van der Waals surface area contributed by atoms with Crippen LogP contribution in [0.4, 0.5) is 0 Å². The van der Waals surface area contributed by atoms with Crippen molar-refractivity contribution in [3.05, 3.63) is 11.3 Å². The van der Waals surface area contributed by atoms with Crippen LogP contribution in [-0.2, 0) is 19.2 Å². The van der Waals surface area contributed by atoms with E-state index in [0.717, 1.165) is 0 Å². The van der Waals surface area contributed by atoms with Crippen LogP contribution in [0, 0.1) is 0 Å². The predicted molar refractivity (Wildman–Crippen MR) is 43.2 cm³/mol. The van der Waals surface area contributed by atoms with Crippen LogP contribution in [0.15, 0.2) is 11.3 Å². The third-order valence-corrected chi connectivity index (χ3v) is 1.76. The van der Waals surface area contributed by atoms with Gasteiger partial charge < -0.3 is 9.57 Å². The SMILES string of the molecule is CC/C(C(=O)OC)=C1\CC(=O)ON1. The molecule has 1 aliphatic rings. The number of ether oxygens (including phenoxy) is 1. The van der Waals surface area contributed by atoms with Crippen LogP contribution >= 0.6 is 0 Å². The quantitative estimate of drug-likeness (QED) is 0.494. The van der Waals surface area contributed by atoms with E-state index in [1.165, 1.54) is 7.11 Å². The molecule has 0 aromatic rings. The normalized spacial score (nSPS) is 19.1. The Labute approximate surface area is 75.7 Å². The Morgan fingerprint density at radius 3 is 2.77 bits per heavy atom. The van der Waals surface area contributed by atoms with Crippen LogP contribution in [0.1, 0.15) is 19.8 Å². The van der Waals surface area contributed by atoms with Gasteiger partial charge in [-0.15, -0.1) is 0 Å². The van der Waals surface area contributed by atoms with E-state index in [2.05, 4.69) is 15.1 Å². The van der Waals surface area contributed by atoms with Crippen LogP contribution in [0.25, 0.3) is 0 Å². The van der Waals surface area contributed by atoms with E-state index < -0.39 is 5.97 Å². The summed E-state index contributed by atoms with van der Waals surface area (Å²) >= 11 is 0. The minimum atomic E-state index is -0.428. The van der Waals surface area contributed by atoms with Crippen LogP contribution in [0.5, 0.6) is 0 Å². The Morgan fingerprint density at radius 2 is 2.38 bits per heavy atom. The van der Waals surface area contributed by atoms with Gasteiger partial charge in [-0.25, -0.2) is 15.1 Å². The molecule has 1 rings (SSSR count). The van der Waals surface area contributed by atoms with Gasteiger partial charge in [0.05, 0.1) is 24.8 Å². The second-order valence-electron chi connectivity index (χ2n) is 2.56. The first-order chi connectivity index (χ1) is 6.19. The Balaban J connectivity index is 2.85. The molecule has 1 aliphatic heterocycles. The topological polar surface area (TPSA) is 64.6 Å². The molecule has 0 atom stereocenters. The van der Waals surface area contributed by atoms with Crippen molar-refractivity contribution in [2.75, 3.05) is 7.11 Å². The molecular weight excluding hydrogens is 174 g/mol. The van der Waals surface area contributed by atoms with Gasteiger partial charge in [0.15, 0.2) is 0 Å².